The molecule has 3 N–H and O–H groups in total. The predicted octanol–water partition coefficient (Wildman–Crippen LogP) is 3.42. The molecular weight excluding hydrogens is 281 g/mol. The fraction of sp³-hybridized carbons (Fsp3) is 0.133. The smallest absolute Gasteiger partial charge is 0.326 e. The number of hydrogen-bond donors (Lipinski definition) is 2. The molecule has 0 aliphatic carbocycles. The molecule has 0 fully saturated rings. The van der Waals surface area contributed by atoms with E-state index in [1.54, 1.807) is 24.3 Å². The van der Waals surface area contributed by atoms with E-state index >= 15 is 0 Å². The van der Waals surface area contributed by atoms with Crippen LogP contribution in [0, 0.1) is 0 Å². The quantitative estimate of drug-likeness (QED) is 0.911. The van der Waals surface area contributed by atoms with Gasteiger partial charge in [-0.3, -0.25) is 4.79 Å². The highest BCUT2D eigenvalue weighted by Gasteiger charge is 2.34. The van der Waals surface area contributed by atoms with Crippen LogP contribution in [0.1, 0.15) is 21.5 Å². The van der Waals surface area contributed by atoms with Crippen LogP contribution >= 0.6 is 0 Å². The molecule has 3 nitrogen and oxygen atoms in total. The largest absolute Gasteiger partial charge is 0.417 e. The summed E-state index contributed by atoms with van der Waals surface area (Å²) in [4.78, 5) is 12.0. The number of halogens is 3. The third-order valence-corrected chi connectivity index (χ3v) is 2.90. The Labute approximate surface area is 119 Å². The summed E-state index contributed by atoms with van der Waals surface area (Å²) in [5.74, 6) is -0.808. The molecule has 110 valence electrons. The molecular formula is C15H13F3N2O. The van der Waals surface area contributed by atoms with E-state index in [2.05, 4.69) is 5.32 Å². The zero-order valence-electron chi connectivity index (χ0n) is 10.9. The SMILES string of the molecule is NCc1cccc(NC(=O)c2ccccc2C(F)(F)F)c1. The Morgan fingerprint density at radius 1 is 1.10 bits per heavy atom. The highest BCUT2D eigenvalue weighted by molar-refractivity contribution is 6.05. The third-order valence-electron chi connectivity index (χ3n) is 2.90. The Morgan fingerprint density at radius 3 is 2.48 bits per heavy atom. The number of anilines is 1. The van der Waals surface area contributed by atoms with E-state index in [-0.39, 0.29) is 6.54 Å². The molecule has 0 saturated heterocycles. The molecule has 0 radical (unpaired) electrons. The van der Waals surface area contributed by atoms with Gasteiger partial charge in [-0.15, -0.1) is 0 Å². The molecule has 2 aromatic carbocycles. The Morgan fingerprint density at radius 2 is 1.81 bits per heavy atom. The number of nitrogens with one attached hydrogen (secondary N) is 1. The van der Waals surface area contributed by atoms with Gasteiger partial charge in [0.05, 0.1) is 11.1 Å². The van der Waals surface area contributed by atoms with Crippen molar-refractivity contribution in [1.82, 2.24) is 0 Å². The summed E-state index contributed by atoms with van der Waals surface area (Å²) in [6.45, 7) is 0.281. The molecule has 0 bridgehead atoms. The maximum absolute atomic E-state index is 12.9. The summed E-state index contributed by atoms with van der Waals surface area (Å²) in [5, 5.41) is 2.45. The molecule has 0 unspecified atom stereocenters. The summed E-state index contributed by atoms with van der Waals surface area (Å²) in [6, 6.07) is 11.3. The summed E-state index contributed by atoms with van der Waals surface area (Å²) < 4.78 is 38.6. The first kappa shape index (κ1) is 15.1. The van der Waals surface area contributed by atoms with Crippen molar-refractivity contribution in [1.29, 1.82) is 0 Å². The molecule has 0 heterocycles. The van der Waals surface area contributed by atoms with Crippen molar-refractivity contribution >= 4 is 11.6 Å². The van der Waals surface area contributed by atoms with Gasteiger partial charge in [0.15, 0.2) is 0 Å². The molecule has 2 aromatic rings. The lowest BCUT2D eigenvalue weighted by Crippen LogP contribution is -2.18. The predicted molar refractivity (Wildman–Crippen MR) is 73.7 cm³/mol. The van der Waals surface area contributed by atoms with Crippen LogP contribution in [0.2, 0.25) is 0 Å². The fourth-order valence-electron chi connectivity index (χ4n) is 1.90. The molecule has 0 atom stereocenters. The number of carbonyl (C=O) groups is 1. The van der Waals surface area contributed by atoms with Crippen LogP contribution in [0.4, 0.5) is 18.9 Å². The molecule has 2 rings (SSSR count). The van der Waals surface area contributed by atoms with Gasteiger partial charge in [-0.25, -0.2) is 0 Å². The van der Waals surface area contributed by atoms with E-state index < -0.39 is 23.2 Å². The fourth-order valence-corrected chi connectivity index (χ4v) is 1.90. The van der Waals surface area contributed by atoms with Crippen LogP contribution in [-0.4, -0.2) is 5.91 Å². The maximum Gasteiger partial charge on any atom is 0.417 e. The Kier molecular flexibility index (Phi) is 4.28. The first-order valence-electron chi connectivity index (χ1n) is 6.18. The van der Waals surface area contributed by atoms with Crippen molar-refractivity contribution in [2.75, 3.05) is 5.32 Å². The van der Waals surface area contributed by atoms with Crippen molar-refractivity contribution < 1.29 is 18.0 Å². The Hall–Kier alpha value is -2.34. The van der Waals surface area contributed by atoms with Crippen molar-refractivity contribution in [3.8, 4) is 0 Å². The summed E-state index contributed by atoms with van der Waals surface area (Å²) >= 11 is 0. The summed E-state index contributed by atoms with van der Waals surface area (Å²) in [7, 11) is 0. The second-order valence-electron chi connectivity index (χ2n) is 4.40. The average Bonchev–Trinajstić information content (AvgIpc) is 2.46. The second kappa shape index (κ2) is 5.97. The van der Waals surface area contributed by atoms with Crippen molar-refractivity contribution in [3.05, 3.63) is 65.2 Å². The van der Waals surface area contributed by atoms with Gasteiger partial charge in [-0.2, -0.15) is 13.2 Å². The van der Waals surface area contributed by atoms with Crippen LogP contribution in [0.15, 0.2) is 48.5 Å². The van der Waals surface area contributed by atoms with E-state index in [1.807, 2.05) is 0 Å². The van der Waals surface area contributed by atoms with Gasteiger partial charge in [0, 0.05) is 12.2 Å². The zero-order chi connectivity index (χ0) is 15.5. The lowest BCUT2D eigenvalue weighted by molar-refractivity contribution is -0.137. The lowest BCUT2D eigenvalue weighted by Gasteiger charge is -2.13. The topological polar surface area (TPSA) is 55.1 Å². The van der Waals surface area contributed by atoms with Gasteiger partial charge in [0.25, 0.3) is 5.91 Å². The van der Waals surface area contributed by atoms with Crippen LogP contribution in [0.25, 0.3) is 0 Å². The van der Waals surface area contributed by atoms with Gasteiger partial charge in [0.2, 0.25) is 0 Å². The minimum absolute atomic E-state index is 0.281. The number of nitrogens with two attached hydrogens (primary N) is 1. The minimum atomic E-state index is -4.58. The standard InChI is InChI=1S/C15H13F3N2O/c16-15(17,18)13-7-2-1-6-12(13)14(21)20-11-5-3-4-10(8-11)9-19/h1-8H,9,19H2,(H,20,21). The molecule has 1 amide bonds. The van der Waals surface area contributed by atoms with Crippen molar-refractivity contribution in [2.24, 2.45) is 5.73 Å². The van der Waals surface area contributed by atoms with Gasteiger partial charge in [-0.05, 0) is 29.8 Å². The molecule has 0 aromatic heterocycles. The number of alkyl halides is 3. The van der Waals surface area contributed by atoms with E-state index in [9.17, 15) is 18.0 Å². The van der Waals surface area contributed by atoms with E-state index in [0.717, 1.165) is 17.7 Å². The average molecular weight is 294 g/mol. The third kappa shape index (κ3) is 3.61. The van der Waals surface area contributed by atoms with E-state index in [0.29, 0.717) is 5.69 Å². The van der Waals surface area contributed by atoms with E-state index in [1.165, 1.54) is 12.1 Å². The molecule has 21 heavy (non-hydrogen) atoms. The first-order chi connectivity index (χ1) is 9.91. The van der Waals surface area contributed by atoms with Gasteiger partial charge in [0.1, 0.15) is 0 Å². The van der Waals surface area contributed by atoms with Crippen LogP contribution in [0.3, 0.4) is 0 Å². The zero-order valence-corrected chi connectivity index (χ0v) is 10.9. The van der Waals surface area contributed by atoms with Crippen LogP contribution in [0.5, 0.6) is 0 Å². The molecule has 6 heteroatoms. The Balaban J connectivity index is 2.29. The van der Waals surface area contributed by atoms with E-state index in [4.69, 9.17) is 5.73 Å². The summed E-state index contributed by atoms with van der Waals surface area (Å²) in [6.07, 6.45) is -4.58. The molecule has 0 spiro atoms. The highest BCUT2D eigenvalue weighted by atomic mass is 19.4. The van der Waals surface area contributed by atoms with Gasteiger partial charge >= 0.3 is 6.18 Å². The number of amides is 1. The lowest BCUT2D eigenvalue weighted by atomic mass is 10.1. The van der Waals surface area contributed by atoms with Crippen molar-refractivity contribution in [2.45, 2.75) is 12.7 Å². The first-order valence-corrected chi connectivity index (χ1v) is 6.18. The normalized spacial score (nSPS) is 11.2. The monoisotopic (exact) mass is 294 g/mol. The maximum atomic E-state index is 12.9. The summed E-state index contributed by atoms with van der Waals surface area (Å²) in [5.41, 5.74) is 5.28. The van der Waals surface area contributed by atoms with Gasteiger partial charge < -0.3 is 11.1 Å². The van der Waals surface area contributed by atoms with Gasteiger partial charge in [-0.1, -0.05) is 24.3 Å². The number of rotatable bonds is 3. The van der Waals surface area contributed by atoms with Crippen LogP contribution in [-0.2, 0) is 12.7 Å². The Bertz CT molecular complexity index is 653. The van der Waals surface area contributed by atoms with Crippen molar-refractivity contribution in [3.63, 3.8) is 0 Å². The molecule has 0 aliphatic rings. The number of carbonyl (C=O) groups excluding carboxylic acids is 1. The second-order valence-corrected chi connectivity index (χ2v) is 4.40. The number of benzene rings is 2. The number of hydrogen-bond acceptors (Lipinski definition) is 2. The highest BCUT2D eigenvalue weighted by Crippen LogP contribution is 2.32. The van der Waals surface area contributed by atoms with Crippen LogP contribution < -0.4 is 11.1 Å². The minimum Gasteiger partial charge on any atom is -0.326 e. The molecule has 0 aliphatic heterocycles. The molecule has 0 saturated carbocycles.